The van der Waals surface area contributed by atoms with Crippen LogP contribution < -0.4 is 9.80 Å². The Kier molecular flexibility index (Phi) is 12.7. The summed E-state index contributed by atoms with van der Waals surface area (Å²) in [6.07, 6.45) is 7.00. The first-order valence-electron chi connectivity index (χ1n) is 25.4. The molecule has 12 nitrogen and oxygen atoms in total. The maximum absolute atomic E-state index is 5.04. The quantitative estimate of drug-likeness (QED) is 0.152. The fraction of sp³-hybridized carbons (Fsp3) is 0.300. The first-order valence-corrected chi connectivity index (χ1v) is 25.4. The van der Waals surface area contributed by atoms with Crippen molar-refractivity contribution in [2.45, 2.75) is 65.5 Å². The zero-order chi connectivity index (χ0) is 49.4. The van der Waals surface area contributed by atoms with Crippen molar-refractivity contribution in [3.05, 3.63) is 168 Å². The van der Waals surface area contributed by atoms with E-state index in [4.69, 9.17) is 9.97 Å². The molecular weight excluding hydrogens is 889 g/mol. The van der Waals surface area contributed by atoms with Crippen molar-refractivity contribution in [2.24, 2.45) is 0 Å². The van der Waals surface area contributed by atoms with Crippen molar-refractivity contribution in [1.29, 1.82) is 0 Å². The van der Waals surface area contributed by atoms with Gasteiger partial charge in [0.25, 0.3) is 0 Å². The van der Waals surface area contributed by atoms with Crippen LogP contribution in [0.2, 0.25) is 0 Å². The second-order valence-corrected chi connectivity index (χ2v) is 21.5. The lowest BCUT2D eigenvalue weighted by molar-refractivity contribution is 0.250. The van der Waals surface area contributed by atoms with Crippen molar-refractivity contribution in [3.8, 4) is 22.8 Å². The van der Waals surface area contributed by atoms with E-state index in [0.717, 1.165) is 132 Å². The highest BCUT2D eigenvalue weighted by Crippen LogP contribution is 2.33. The molecule has 2 aliphatic heterocycles. The van der Waals surface area contributed by atoms with Crippen LogP contribution in [0.1, 0.15) is 63.8 Å². The van der Waals surface area contributed by atoms with E-state index in [0.29, 0.717) is 0 Å². The summed E-state index contributed by atoms with van der Waals surface area (Å²) in [6, 6.07) is 43.3. The Bertz CT molecular complexity index is 3240. The minimum atomic E-state index is 0.143. The van der Waals surface area contributed by atoms with Gasteiger partial charge in [-0.25, -0.2) is 9.97 Å². The summed E-state index contributed by atoms with van der Waals surface area (Å²) in [5.41, 5.74) is 18.3. The molecule has 2 N–H and O–H groups in total. The summed E-state index contributed by atoms with van der Waals surface area (Å²) in [6.45, 7) is 23.3. The van der Waals surface area contributed by atoms with E-state index in [1.54, 1.807) is 24.8 Å². The normalized spacial score (nSPS) is 15.1. The summed E-state index contributed by atoms with van der Waals surface area (Å²) in [5.74, 6) is 1.85. The van der Waals surface area contributed by atoms with Gasteiger partial charge in [0.05, 0.1) is 44.5 Å². The zero-order valence-corrected chi connectivity index (χ0v) is 42.4. The number of imidazole rings is 2. The van der Waals surface area contributed by atoms with Gasteiger partial charge in [-0.3, -0.25) is 29.7 Å². The van der Waals surface area contributed by atoms with Crippen molar-refractivity contribution in [3.63, 3.8) is 0 Å². The van der Waals surface area contributed by atoms with Crippen molar-refractivity contribution in [1.82, 2.24) is 49.7 Å². The Morgan fingerprint density at radius 2 is 0.792 bits per heavy atom. The summed E-state index contributed by atoms with van der Waals surface area (Å²) in [5, 5.41) is 0. The number of piperazine rings is 2. The number of nitrogens with one attached hydrogen (secondary N) is 2. The van der Waals surface area contributed by atoms with Gasteiger partial charge >= 0.3 is 0 Å². The first-order chi connectivity index (χ1) is 34.9. The van der Waals surface area contributed by atoms with Crippen molar-refractivity contribution < 1.29 is 0 Å². The number of hydrogen-bond donors (Lipinski definition) is 2. The Morgan fingerprint density at radius 1 is 0.417 bits per heavy atom. The highest BCUT2D eigenvalue weighted by atomic mass is 15.3. The minimum absolute atomic E-state index is 0.143. The van der Waals surface area contributed by atoms with Crippen LogP contribution in [-0.2, 0) is 23.9 Å². The average Bonchev–Trinajstić information content (AvgIpc) is 4.05. The number of rotatable bonds is 8. The van der Waals surface area contributed by atoms with Crippen molar-refractivity contribution in [2.75, 3.05) is 62.2 Å². The molecule has 0 aliphatic carbocycles. The number of benzene rings is 6. The Labute approximate surface area is 422 Å². The number of anilines is 2. The monoisotopic (exact) mass is 953 g/mol. The predicted molar refractivity (Wildman–Crippen MR) is 295 cm³/mol. The molecule has 364 valence electrons. The molecule has 0 spiro atoms. The molecule has 12 heteroatoms. The molecule has 0 saturated carbocycles. The molecule has 0 atom stereocenters. The maximum atomic E-state index is 5.04. The predicted octanol–water partition coefficient (Wildman–Crippen LogP) is 11.6. The van der Waals surface area contributed by atoms with Crippen LogP contribution >= 0.6 is 0 Å². The molecule has 10 aromatic rings. The van der Waals surface area contributed by atoms with Gasteiger partial charge in [-0.05, 0) is 81.6 Å². The number of hydrogen-bond acceptors (Lipinski definition) is 10. The Hall–Kier alpha value is -7.54. The van der Waals surface area contributed by atoms with Gasteiger partial charge in [-0.1, -0.05) is 114 Å². The first kappa shape index (κ1) is 46.8. The zero-order valence-electron chi connectivity index (χ0n) is 42.4. The molecule has 6 heterocycles. The van der Waals surface area contributed by atoms with Crippen LogP contribution in [0.3, 0.4) is 0 Å². The fourth-order valence-electron chi connectivity index (χ4n) is 10.1. The van der Waals surface area contributed by atoms with E-state index < -0.39 is 0 Å². The van der Waals surface area contributed by atoms with Gasteiger partial charge in [0.2, 0.25) is 0 Å². The minimum Gasteiger partial charge on any atom is -0.367 e. The number of aromatic nitrogens is 8. The van der Waals surface area contributed by atoms with Crippen LogP contribution in [0.15, 0.2) is 146 Å². The van der Waals surface area contributed by atoms with Crippen LogP contribution in [0.25, 0.3) is 66.9 Å². The topological polar surface area (TPSA) is 122 Å². The highest BCUT2D eigenvalue weighted by Gasteiger charge is 2.23. The van der Waals surface area contributed by atoms with Gasteiger partial charge < -0.3 is 19.8 Å². The van der Waals surface area contributed by atoms with E-state index in [1.807, 2.05) is 0 Å². The third-order valence-electron chi connectivity index (χ3n) is 14.3. The third-order valence-corrected chi connectivity index (χ3v) is 14.3. The number of H-pyrrole nitrogens is 2. The second-order valence-electron chi connectivity index (χ2n) is 21.5. The molecule has 0 radical (unpaired) electrons. The summed E-state index contributed by atoms with van der Waals surface area (Å²) < 4.78 is 0. The molecule has 72 heavy (non-hydrogen) atoms. The number of nitrogens with zero attached hydrogens (tertiary/aromatic N) is 10. The van der Waals surface area contributed by atoms with Crippen LogP contribution in [0.5, 0.6) is 0 Å². The summed E-state index contributed by atoms with van der Waals surface area (Å²) in [7, 11) is 0. The lowest BCUT2D eigenvalue weighted by atomic mass is 9.87. The van der Waals surface area contributed by atoms with E-state index in [9.17, 15) is 0 Å². The molecule has 0 amide bonds. The summed E-state index contributed by atoms with van der Waals surface area (Å²) in [4.78, 5) is 44.8. The molecule has 12 rings (SSSR count). The highest BCUT2D eigenvalue weighted by molar-refractivity contribution is 5.92. The lowest BCUT2D eigenvalue weighted by Crippen LogP contribution is -2.46. The SMILES string of the molecule is CC(C)(C)c1ccc(-c2nc3c(N4CCN(Cc5ccc6nccnc6c5)CC4)cccc3[nH]2)cc1.CC(C)(C)c1ccc(-c2nc3c(N4CCN(Cc5ccc6nccnc6c5)CC4)cccc3[nH]2)cc1. The van der Waals surface area contributed by atoms with E-state index >= 15 is 0 Å². The number of fused-ring (bicyclic) bond motifs is 4. The van der Waals surface area contributed by atoms with Gasteiger partial charge in [-0.15, -0.1) is 0 Å². The average molecular weight is 953 g/mol. The largest absolute Gasteiger partial charge is 0.367 e. The fourth-order valence-corrected chi connectivity index (χ4v) is 10.1. The van der Waals surface area contributed by atoms with E-state index in [2.05, 4.69) is 212 Å². The van der Waals surface area contributed by atoms with Gasteiger partial charge in [0.1, 0.15) is 22.7 Å². The number of para-hydroxylation sites is 2. The third kappa shape index (κ3) is 10.2. The smallest absolute Gasteiger partial charge is 0.138 e. The van der Waals surface area contributed by atoms with E-state index in [-0.39, 0.29) is 10.8 Å². The molecule has 6 aromatic carbocycles. The van der Waals surface area contributed by atoms with Crippen LogP contribution in [0.4, 0.5) is 11.4 Å². The second kappa shape index (κ2) is 19.6. The molecule has 4 aromatic heterocycles. The Balaban J connectivity index is 0.000000156. The lowest BCUT2D eigenvalue weighted by Gasteiger charge is -2.36. The van der Waals surface area contributed by atoms with Gasteiger partial charge in [0, 0.05) is 101 Å². The summed E-state index contributed by atoms with van der Waals surface area (Å²) >= 11 is 0. The van der Waals surface area contributed by atoms with E-state index in [1.165, 1.54) is 33.6 Å². The standard InChI is InChI=1S/2C30H32N6/c2*1-30(2,3)23-10-8-22(9-11-23)29-33-25-5-4-6-27(28(25)34-29)36-17-15-35(16-18-36)20-21-7-12-24-26(19-21)32-14-13-31-24/h2*4-14,19H,15-18,20H2,1-3H3,(H,33,34). The molecule has 2 aliphatic rings. The van der Waals surface area contributed by atoms with Gasteiger partial charge in [0.15, 0.2) is 0 Å². The molecule has 0 bridgehead atoms. The van der Waals surface area contributed by atoms with Crippen LogP contribution in [-0.4, -0.2) is 102 Å². The maximum Gasteiger partial charge on any atom is 0.138 e. The molecule has 2 fully saturated rings. The number of aromatic amines is 2. The Morgan fingerprint density at radius 3 is 1.17 bits per heavy atom. The molecular formula is C60H64N12. The van der Waals surface area contributed by atoms with Crippen molar-refractivity contribution >= 4 is 55.5 Å². The van der Waals surface area contributed by atoms with Gasteiger partial charge in [-0.2, -0.15) is 0 Å². The molecule has 2 saturated heterocycles. The molecule has 0 unspecified atom stereocenters. The van der Waals surface area contributed by atoms with Crippen LogP contribution in [0, 0.1) is 0 Å².